The zero-order chi connectivity index (χ0) is 14.2. The highest BCUT2D eigenvalue weighted by Gasteiger charge is 2.26. The van der Waals surface area contributed by atoms with E-state index in [0.29, 0.717) is 18.0 Å². The Morgan fingerprint density at radius 2 is 1.75 bits per heavy atom. The number of ether oxygens (including phenoxy) is 3. The monoisotopic (exact) mass is 280 g/mol. The van der Waals surface area contributed by atoms with Crippen LogP contribution in [0.3, 0.4) is 0 Å². The lowest BCUT2D eigenvalue weighted by molar-refractivity contribution is 0.102. The average Bonchev–Trinajstić information content (AvgIpc) is 3.33. The topological polar surface area (TPSA) is 54.5 Å². The molecule has 0 bridgehead atoms. The molecule has 2 saturated heterocycles. The minimum atomic E-state index is 0.392. The lowest BCUT2D eigenvalue weighted by Crippen LogP contribution is -2.06. The van der Waals surface area contributed by atoms with Crippen molar-refractivity contribution in [3.63, 3.8) is 0 Å². The van der Waals surface area contributed by atoms with Gasteiger partial charge in [-0.1, -0.05) is 31.5 Å². The first kappa shape index (κ1) is 15.3. The lowest BCUT2D eigenvalue weighted by Gasteiger charge is -2.01. The summed E-state index contributed by atoms with van der Waals surface area (Å²) in [6.07, 6.45) is 4.10. The van der Waals surface area contributed by atoms with E-state index >= 15 is 0 Å². The van der Waals surface area contributed by atoms with Gasteiger partial charge in [0.2, 0.25) is 0 Å². The summed E-state index contributed by atoms with van der Waals surface area (Å²) in [7, 11) is 0. The second kappa shape index (κ2) is 8.25. The van der Waals surface area contributed by atoms with Crippen LogP contribution in [0.5, 0.6) is 5.75 Å². The van der Waals surface area contributed by atoms with Crippen molar-refractivity contribution >= 4 is 0 Å². The van der Waals surface area contributed by atoms with Crippen LogP contribution in [-0.4, -0.2) is 43.7 Å². The third-order valence-electron chi connectivity index (χ3n) is 3.20. The minimum Gasteiger partial charge on any atom is -0.508 e. The molecule has 0 aromatic heterocycles. The molecule has 1 N–H and O–H groups in total. The van der Waals surface area contributed by atoms with E-state index in [2.05, 4.69) is 6.92 Å². The largest absolute Gasteiger partial charge is 0.508 e. The van der Waals surface area contributed by atoms with Crippen molar-refractivity contribution in [1.29, 1.82) is 0 Å². The molecule has 2 aliphatic heterocycles. The van der Waals surface area contributed by atoms with Crippen LogP contribution in [0, 0.1) is 0 Å². The number of epoxide rings is 2. The Bertz CT molecular complexity index is 374. The fourth-order valence-corrected chi connectivity index (χ4v) is 1.75. The third kappa shape index (κ3) is 6.37. The van der Waals surface area contributed by atoms with Gasteiger partial charge in [0, 0.05) is 0 Å². The van der Waals surface area contributed by atoms with E-state index in [1.165, 1.54) is 6.42 Å². The van der Waals surface area contributed by atoms with Gasteiger partial charge in [-0.25, -0.2) is 0 Å². The molecular formula is C16H24O4. The molecule has 0 spiro atoms. The smallest absolute Gasteiger partial charge is 0.118 e. The van der Waals surface area contributed by atoms with E-state index < -0.39 is 0 Å². The molecule has 2 fully saturated rings. The SMILES string of the molecule is C(OCC1CO1)C1CO1.CCCCc1ccccc1O. The summed E-state index contributed by atoms with van der Waals surface area (Å²) >= 11 is 0. The van der Waals surface area contributed by atoms with Crippen LogP contribution in [0.2, 0.25) is 0 Å². The molecule has 2 heterocycles. The average molecular weight is 280 g/mol. The van der Waals surface area contributed by atoms with Gasteiger partial charge >= 0.3 is 0 Å². The maximum atomic E-state index is 9.34. The number of phenols is 1. The van der Waals surface area contributed by atoms with Crippen molar-refractivity contribution in [1.82, 2.24) is 0 Å². The van der Waals surface area contributed by atoms with Crippen molar-refractivity contribution < 1.29 is 19.3 Å². The highest BCUT2D eigenvalue weighted by molar-refractivity contribution is 5.31. The molecule has 0 saturated carbocycles. The van der Waals surface area contributed by atoms with Gasteiger partial charge < -0.3 is 19.3 Å². The van der Waals surface area contributed by atoms with E-state index in [9.17, 15) is 5.11 Å². The predicted octanol–water partition coefficient (Wildman–Crippen LogP) is 2.54. The van der Waals surface area contributed by atoms with Gasteiger partial charge in [0.1, 0.15) is 18.0 Å². The molecule has 2 atom stereocenters. The Kier molecular flexibility index (Phi) is 6.30. The van der Waals surface area contributed by atoms with Crippen molar-refractivity contribution in [2.24, 2.45) is 0 Å². The first-order chi connectivity index (χ1) is 9.79. The first-order valence-electron chi connectivity index (χ1n) is 7.37. The highest BCUT2D eigenvalue weighted by atomic mass is 16.6. The van der Waals surface area contributed by atoms with E-state index in [-0.39, 0.29) is 0 Å². The van der Waals surface area contributed by atoms with Crippen LogP contribution in [0.1, 0.15) is 25.3 Å². The van der Waals surface area contributed by atoms with Crippen LogP contribution < -0.4 is 0 Å². The van der Waals surface area contributed by atoms with Gasteiger partial charge in [-0.05, 0) is 24.5 Å². The Morgan fingerprint density at radius 1 is 1.15 bits per heavy atom. The molecule has 112 valence electrons. The Labute approximate surface area is 120 Å². The van der Waals surface area contributed by atoms with Crippen LogP contribution in [0.15, 0.2) is 24.3 Å². The molecule has 0 aliphatic carbocycles. The number of unbranched alkanes of at least 4 members (excludes halogenated alkanes) is 1. The van der Waals surface area contributed by atoms with Crippen molar-refractivity contribution in [2.75, 3.05) is 26.4 Å². The summed E-state index contributed by atoms with van der Waals surface area (Å²) in [6.45, 7) is 5.41. The molecule has 0 amide bonds. The maximum Gasteiger partial charge on any atom is 0.118 e. The van der Waals surface area contributed by atoms with Gasteiger partial charge in [-0.15, -0.1) is 0 Å². The van der Waals surface area contributed by atoms with Crippen LogP contribution >= 0.6 is 0 Å². The van der Waals surface area contributed by atoms with E-state index in [1.807, 2.05) is 18.2 Å². The van der Waals surface area contributed by atoms with Crippen LogP contribution in [-0.2, 0) is 20.6 Å². The second-order valence-electron chi connectivity index (χ2n) is 5.18. The molecule has 1 aromatic carbocycles. The Morgan fingerprint density at radius 3 is 2.25 bits per heavy atom. The summed E-state index contributed by atoms with van der Waals surface area (Å²) in [5.41, 5.74) is 1.06. The number of phenolic OH excluding ortho intramolecular Hbond substituents is 1. The Balaban J connectivity index is 0.000000149. The second-order valence-corrected chi connectivity index (χ2v) is 5.18. The van der Waals surface area contributed by atoms with Crippen LogP contribution in [0.4, 0.5) is 0 Å². The van der Waals surface area contributed by atoms with Gasteiger partial charge in [-0.3, -0.25) is 0 Å². The van der Waals surface area contributed by atoms with Gasteiger partial charge in [-0.2, -0.15) is 0 Å². The molecule has 2 aliphatic rings. The zero-order valence-corrected chi connectivity index (χ0v) is 12.1. The first-order valence-corrected chi connectivity index (χ1v) is 7.37. The van der Waals surface area contributed by atoms with Crippen LogP contribution in [0.25, 0.3) is 0 Å². The molecule has 2 unspecified atom stereocenters. The molecular weight excluding hydrogens is 256 g/mol. The van der Waals surface area contributed by atoms with Crippen molar-refractivity contribution in [3.05, 3.63) is 29.8 Å². The van der Waals surface area contributed by atoms with Crippen molar-refractivity contribution in [2.45, 2.75) is 38.4 Å². The standard InChI is InChI=1S/C10H14O.C6H10O3/c1-2-3-6-9-7-4-5-8-10(9)11;1(5-3-8-5)7-2-6-4-9-6/h4-5,7-8,11H,2-3,6H2,1H3;5-6H,1-4H2. The maximum absolute atomic E-state index is 9.34. The van der Waals surface area contributed by atoms with Gasteiger partial charge in [0.25, 0.3) is 0 Å². The number of aryl methyl sites for hydroxylation is 1. The minimum absolute atomic E-state index is 0.392. The van der Waals surface area contributed by atoms with Gasteiger partial charge in [0.15, 0.2) is 0 Å². The highest BCUT2D eigenvalue weighted by Crippen LogP contribution is 2.17. The summed E-state index contributed by atoms with van der Waals surface area (Å²) in [5, 5.41) is 9.34. The number of benzene rings is 1. The fraction of sp³-hybridized carbons (Fsp3) is 0.625. The molecule has 1 aromatic rings. The number of para-hydroxylation sites is 1. The van der Waals surface area contributed by atoms with E-state index in [4.69, 9.17) is 14.2 Å². The van der Waals surface area contributed by atoms with Gasteiger partial charge in [0.05, 0.1) is 26.4 Å². The Hall–Kier alpha value is -1.10. The quantitative estimate of drug-likeness (QED) is 0.780. The fourth-order valence-electron chi connectivity index (χ4n) is 1.75. The van der Waals surface area contributed by atoms with Crippen molar-refractivity contribution in [3.8, 4) is 5.75 Å². The normalized spacial score (nSPS) is 22.9. The zero-order valence-electron chi connectivity index (χ0n) is 12.1. The summed E-state index contributed by atoms with van der Waals surface area (Å²) < 4.78 is 15.1. The molecule has 0 radical (unpaired) electrons. The third-order valence-corrected chi connectivity index (χ3v) is 3.20. The van der Waals surface area contributed by atoms with E-state index in [0.717, 1.165) is 44.8 Å². The van der Waals surface area contributed by atoms with E-state index in [1.54, 1.807) is 6.07 Å². The molecule has 4 nitrogen and oxygen atoms in total. The number of aromatic hydroxyl groups is 1. The summed E-state index contributed by atoms with van der Waals surface area (Å²) in [4.78, 5) is 0. The number of hydrogen-bond acceptors (Lipinski definition) is 4. The number of hydrogen-bond donors (Lipinski definition) is 1. The predicted molar refractivity (Wildman–Crippen MR) is 77.0 cm³/mol. The molecule has 4 heteroatoms. The number of rotatable bonds is 7. The summed E-state index contributed by atoms with van der Waals surface area (Å²) in [5.74, 6) is 0.431. The molecule has 20 heavy (non-hydrogen) atoms. The summed E-state index contributed by atoms with van der Waals surface area (Å²) in [6, 6.07) is 7.53. The molecule has 3 rings (SSSR count). The lowest BCUT2D eigenvalue weighted by atomic mass is 10.1.